The topological polar surface area (TPSA) is 75.1 Å². The molecule has 0 saturated heterocycles. The third-order valence-electron chi connectivity index (χ3n) is 5.26. The minimum absolute atomic E-state index is 0. The van der Waals surface area contributed by atoms with Gasteiger partial charge in [0.1, 0.15) is 0 Å². The van der Waals surface area contributed by atoms with Gasteiger partial charge >= 0.3 is 0 Å². The zero-order chi connectivity index (χ0) is 19.8. The Morgan fingerprint density at radius 2 is 1.83 bits per heavy atom. The van der Waals surface area contributed by atoms with Crippen molar-refractivity contribution in [3.63, 3.8) is 0 Å². The predicted octanol–water partition coefficient (Wildman–Crippen LogP) is 4.35. The quantitative estimate of drug-likeness (QED) is 0.525. The Morgan fingerprint density at radius 1 is 1.10 bits per heavy atom. The van der Waals surface area contributed by atoms with Crippen LogP contribution in [0.5, 0.6) is 0 Å². The molecule has 0 fully saturated rings. The maximum atomic E-state index is 11.7. The molecule has 0 unspecified atom stereocenters. The van der Waals surface area contributed by atoms with E-state index in [0.29, 0.717) is 12.2 Å². The number of hydrogen-bond acceptors (Lipinski definition) is 4. The Morgan fingerprint density at radius 3 is 2.52 bits per heavy atom. The fourth-order valence-electron chi connectivity index (χ4n) is 3.48. The lowest BCUT2D eigenvalue weighted by molar-refractivity contribution is 1.06. The summed E-state index contributed by atoms with van der Waals surface area (Å²) in [6.45, 7) is 9.00. The van der Waals surface area contributed by atoms with Crippen LogP contribution in [0.25, 0.3) is 16.9 Å². The summed E-state index contributed by atoms with van der Waals surface area (Å²) in [5, 5.41) is 3.56. The smallest absolute Gasteiger partial charge is 0.266 e. The lowest BCUT2D eigenvalue weighted by Gasteiger charge is -2.14. The Kier molecular flexibility index (Phi) is 5.75. The average Bonchev–Trinajstić information content (AvgIpc) is 2.96. The molecule has 2 N–H and O–H groups in total. The molecule has 3 heterocycles. The van der Waals surface area contributed by atoms with Crippen LogP contribution < -0.4 is 10.9 Å². The Labute approximate surface area is 175 Å². The number of imidazole rings is 1. The molecule has 4 aromatic rings. The first-order chi connectivity index (χ1) is 13.4. The van der Waals surface area contributed by atoms with Crippen molar-refractivity contribution in [2.24, 2.45) is 0 Å². The summed E-state index contributed by atoms with van der Waals surface area (Å²) >= 11 is 0. The van der Waals surface area contributed by atoms with Crippen molar-refractivity contribution in [2.75, 3.05) is 5.32 Å². The third-order valence-corrected chi connectivity index (χ3v) is 5.26. The van der Waals surface area contributed by atoms with E-state index in [2.05, 4.69) is 51.7 Å². The maximum Gasteiger partial charge on any atom is 0.266 e. The van der Waals surface area contributed by atoms with E-state index in [1.165, 1.54) is 22.9 Å². The standard InChI is InChI=1S/C22H23N5O.ClH/c1-13-6-5-7-14(2)18(13)9-24-19-8-17(20-10-23-11-21(28)26-20)12-27-16(4)15(3)25-22(19)27;/h5-8,10-12,24H,9H2,1-4H3,(H,26,28);1H. The summed E-state index contributed by atoms with van der Waals surface area (Å²) < 4.78 is 2.06. The second-order valence-corrected chi connectivity index (χ2v) is 7.15. The van der Waals surface area contributed by atoms with Crippen LogP contribution in [-0.2, 0) is 6.54 Å². The van der Waals surface area contributed by atoms with E-state index in [4.69, 9.17) is 4.98 Å². The van der Waals surface area contributed by atoms with Crippen molar-refractivity contribution < 1.29 is 0 Å². The molecule has 0 amide bonds. The number of nitrogens with one attached hydrogen (secondary N) is 2. The molecule has 0 radical (unpaired) electrons. The number of pyridine rings is 1. The molecule has 0 saturated carbocycles. The van der Waals surface area contributed by atoms with E-state index >= 15 is 0 Å². The van der Waals surface area contributed by atoms with Gasteiger partial charge < -0.3 is 14.7 Å². The largest absolute Gasteiger partial charge is 0.378 e. The summed E-state index contributed by atoms with van der Waals surface area (Å²) in [6, 6.07) is 8.34. The predicted molar refractivity (Wildman–Crippen MR) is 119 cm³/mol. The number of nitrogens with zero attached hydrogens (tertiary/aromatic N) is 3. The van der Waals surface area contributed by atoms with Gasteiger partial charge in [-0.2, -0.15) is 0 Å². The number of halogens is 1. The van der Waals surface area contributed by atoms with Crippen molar-refractivity contribution in [3.8, 4) is 11.3 Å². The van der Waals surface area contributed by atoms with Gasteiger partial charge in [-0.15, -0.1) is 12.4 Å². The van der Waals surface area contributed by atoms with E-state index < -0.39 is 0 Å². The molecule has 1 aromatic carbocycles. The number of rotatable bonds is 4. The third kappa shape index (κ3) is 3.89. The van der Waals surface area contributed by atoms with Crippen LogP contribution in [0.15, 0.2) is 47.7 Å². The second-order valence-electron chi connectivity index (χ2n) is 7.15. The summed E-state index contributed by atoms with van der Waals surface area (Å²) in [6.07, 6.45) is 4.92. The lowest BCUT2D eigenvalue weighted by atomic mass is 10.0. The van der Waals surface area contributed by atoms with Crippen molar-refractivity contribution >= 4 is 23.7 Å². The molecular weight excluding hydrogens is 386 g/mol. The Bertz CT molecular complexity index is 1220. The van der Waals surface area contributed by atoms with E-state index in [1.54, 1.807) is 6.20 Å². The average molecular weight is 410 g/mol. The zero-order valence-electron chi connectivity index (χ0n) is 16.9. The van der Waals surface area contributed by atoms with Gasteiger partial charge in [-0.1, -0.05) is 18.2 Å². The molecular formula is C22H24ClN5O. The first-order valence-electron chi connectivity index (χ1n) is 9.27. The molecule has 7 heteroatoms. The SMILES string of the molecule is Cc1cccc(C)c1CNc1cc(-c2cncc(=O)[nH]2)cn2c(C)c(C)nc12.Cl. The van der Waals surface area contributed by atoms with Crippen LogP contribution in [0.4, 0.5) is 5.69 Å². The number of benzene rings is 1. The molecule has 0 bridgehead atoms. The van der Waals surface area contributed by atoms with Gasteiger partial charge in [0, 0.05) is 24.0 Å². The number of hydrogen-bond donors (Lipinski definition) is 2. The van der Waals surface area contributed by atoms with E-state index in [9.17, 15) is 4.79 Å². The number of aromatic amines is 1. The van der Waals surface area contributed by atoms with Crippen LogP contribution in [0.2, 0.25) is 0 Å². The molecule has 29 heavy (non-hydrogen) atoms. The van der Waals surface area contributed by atoms with Crippen LogP contribution in [0.1, 0.15) is 28.1 Å². The first-order valence-corrected chi connectivity index (χ1v) is 9.27. The second kappa shape index (κ2) is 8.09. The summed E-state index contributed by atoms with van der Waals surface area (Å²) in [5.41, 5.74) is 8.96. The zero-order valence-corrected chi connectivity index (χ0v) is 17.7. The molecule has 0 aliphatic heterocycles. The van der Waals surface area contributed by atoms with Crippen LogP contribution >= 0.6 is 12.4 Å². The van der Waals surface area contributed by atoms with E-state index in [0.717, 1.165) is 28.3 Å². The number of aromatic nitrogens is 4. The number of H-pyrrole nitrogens is 1. The normalized spacial score (nSPS) is 10.8. The van der Waals surface area contributed by atoms with Crippen molar-refractivity contribution in [1.82, 2.24) is 19.4 Å². The van der Waals surface area contributed by atoms with Crippen LogP contribution in [0.3, 0.4) is 0 Å². The van der Waals surface area contributed by atoms with Gasteiger partial charge in [0.2, 0.25) is 0 Å². The minimum Gasteiger partial charge on any atom is -0.378 e. The highest BCUT2D eigenvalue weighted by Crippen LogP contribution is 2.27. The summed E-state index contributed by atoms with van der Waals surface area (Å²) in [7, 11) is 0. The number of anilines is 1. The lowest BCUT2D eigenvalue weighted by Crippen LogP contribution is -2.08. The van der Waals surface area contributed by atoms with Crippen molar-refractivity contribution in [3.05, 3.63) is 81.3 Å². The Hall–Kier alpha value is -3.12. The molecule has 4 rings (SSSR count). The van der Waals surface area contributed by atoms with Gasteiger partial charge in [-0.25, -0.2) is 4.98 Å². The molecule has 0 atom stereocenters. The van der Waals surface area contributed by atoms with Gasteiger partial charge in [0.25, 0.3) is 5.56 Å². The fraction of sp³-hybridized carbons (Fsp3) is 0.227. The Balaban J connectivity index is 0.00000240. The first kappa shape index (κ1) is 20.6. The summed E-state index contributed by atoms with van der Waals surface area (Å²) in [4.78, 5) is 23.3. The fourth-order valence-corrected chi connectivity index (χ4v) is 3.48. The highest BCUT2D eigenvalue weighted by Gasteiger charge is 2.13. The molecule has 6 nitrogen and oxygen atoms in total. The van der Waals surface area contributed by atoms with Crippen LogP contribution in [0, 0.1) is 27.7 Å². The minimum atomic E-state index is -0.221. The maximum absolute atomic E-state index is 11.7. The molecule has 0 aliphatic carbocycles. The molecule has 150 valence electrons. The summed E-state index contributed by atoms with van der Waals surface area (Å²) in [5.74, 6) is 0. The van der Waals surface area contributed by atoms with Gasteiger partial charge in [-0.3, -0.25) is 9.78 Å². The highest BCUT2D eigenvalue weighted by molar-refractivity contribution is 5.85. The van der Waals surface area contributed by atoms with Crippen molar-refractivity contribution in [2.45, 2.75) is 34.2 Å². The number of aryl methyl sites for hydroxylation is 4. The van der Waals surface area contributed by atoms with Gasteiger partial charge in [-0.05, 0) is 50.5 Å². The number of fused-ring (bicyclic) bond motifs is 1. The molecule has 3 aromatic heterocycles. The monoisotopic (exact) mass is 409 g/mol. The van der Waals surface area contributed by atoms with E-state index in [-0.39, 0.29) is 18.0 Å². The van der Waals surface area contributed by atoms with E-state index in [1.807, 2.05) is 26.1 Å². The molecule has 0 aliphatic rings. The highest BCUT2D eigenvalue weighted by atomic mass is 35.5. The van der Waals surface area contributed by atoms with Crippen LogP contribution in [-0.4, -0.2) is 19.4 Å². The molecule has 0 spiro atoms. The van der Waals surface area contributed by atoms with Gasteiger partial charge in [0.05, 0.1) is 29.5 Å². The van der Waals surface area contributed by atoms with Crippen molar-refractivity contribution in [1.29, 1.82) is 0 Å². The van der Waals surface area contributed by atoms with Gasteiger partial charge in [0.15, 0.2) is 5.65 Å².